The van der Waals surface area contributed by atoms with Crippen molar-refractivity contribution in [3.8, 4) is 16.3 Å². The average Bonchev–Trinajstić information content (AvgIpc) is 3.70. The Labute approximate surface area is 258 Å². The van der Waals surface area contributed by atoms with Crippen LogP contribution in [0.2, 0.25) is 10.0 Å². The normalized spacial score (nSPS) is 14.3. The van der Waals surface area contributed by atoms with Crippen molar-refractivity contribution < 1.29 is 14.3 Å². The van der Waals surface area contributed by atoms with E-state index in [4.69, 9.17) is 32.7 Å². The van der Waals surface area contributed by atoms with Gasteiger partial charge in [0.2, 0.25) is 5.95 Å². The molecule has 0 saturated heterocycles. The van der Waals surface area contributed by atoms with Crippen LogP contribution in [-0.2, 0) is 16.1 Å². The fourth-order valence-corrected chi connectivity index (χ4v) is 6.49. The SMILES string of the molecule is COC(=O)C1=C(CSc2nnc(-c3ccccc3)s2)Nc2nnnn2C1c1ccc(OCc2ccc(Cl)c(Cl)c2)cc1. The summed E-state index contributed by atoms with van der Waals surface area (Å²) in [5.41, 5.74) is 3.67. The lowest BCUT2D eigenvalue weighted by Gasteiger charge is -2.28. The Hall–Kier alpha value is -3.97. The number of thioether (sulfide) groups is 1. The van der Waals surface area contributed by atoms with Crippen LogP contribution in [0.1, 0.15) is 17.2 Å². The van der Waals surface area contributed by atoms with Crippen LogP contribution in [0.3, 0.4) is 0 Å². The van der Waals surface area contributed by atoms with Crippen molar-refractivity contribution in [1.29, 1.82) is 0 Å². The van der Waals surface area contributed by atoms with Gasteiger partial charge in [-0.2, -0.15) is 4.68 Å². The monoisotopic (exact) mass is 637 g/mol. The summed E-state index contributed by atoms with van der Waals surface area (Å²) in [5.74, 6) is 0.944. The Bertz CT molecular complexity index is 1760. The minimum Gasteiger partial charge on any atom is -0.489 e. The lowest BCUT2D eigenvalue weighted by molar-refractivity contribution is -0.136. The van der Waals surface area contributed by atoms with Gasteiger partial charge in [0.1, 0.15) is 23.4 Å². The first-order chi connectivity index (χ1) is 20.5. The molecule has 10 nitrogen and oxygen atoms in total. The van der Waals surface area contributed by atoms with E-state index in [1.807, 2.05) is 60.7 Å². The first-order valence-corrected chi connectivity index (χ1v) is 15.1. The van der Waals surface area contributed by atoms with Crippen LogP contribution < -0.4 is 10.1 Å². The maximum Gasteiger partial charge on any atom is 0.338 e. The fourth-order valence-electron chi connectivity index (χ4n) is 4.35. The van der Waals surface area contributed by atoms with Crippen LogP contribution in [0.4, 0.5) is 5.95 Å². The minimum atomic E-state index is -0.627. The van der Waals surface area contributed by atoms with E-state index in [9.17, 15) is 4.79 Å². The van der Waals surface area contributed by atoms with Crippen LogP contribution in [0.5, 0.6) is 5.75 Å². The van der Waals surface area contributed by atoms with Gasteiger partial charge in [-0.25, -0.2) is 4.79 Å². The largest absolute Gasteiger partial charge is 0.489 e. The van der Waals surface area contributed by atoms with Gasteiger partial charge in [-0.05, 0) is 45.8 Å². The Morgan fingerprint density at radius 2 is 1.83 bits per heavy atom. The molecule has 0 fully saturated rings. The molecular weight excluding hydrogens is 617 g/mol. The summed E-state index contributed by atoms with van der Waals surface area (Å²) < 4.78 is 13.5. The van der Waals surface area contributed by atoms with Crippen molar-refractivity contribution in [2.75, 3.05) is 18.2 Å². The fraction of sp³-hybridized carbons (Fsp3) is 0.143. The van der Waals surface area contributed by atoms with E-state index in [1.165, 1.54) is 30.2 Å². The van der Waals surface area contributed by atoms with Crippen molar-refractivity contribution in [2.24, 2.45) is 0 Å². The molecule has 42 heavy (non-hydrogen) atoms. The van der Waals surface area contributed by atoms with Crippen LogP contribution in [-0.4, -0.2) is 49.2 Å². The maximum atomic E-state index is 13.2. The van der Waals surface area contributed by atoms with E-state index in [0.29, 0.717) is 45.4 Å². The molecule has 2 aromatic heterocycles. The predicted molar refractivity (Wildman–Crippen MR) is 162 cm³/mol. The molecule has 1 N–H and O–H groups in total. The maximum absolute atomic E-state index is 13.2. The summed E-state index contributed by atoms with van der Waals surface area (Å²) in [5, 5.41) is 25.7. The summed E-state index contributed by atoms with van der Waals surface area (Å²) >= 11 is 15.1. The Morgan fingerprint density at radius 1 is 1.02 bits per heavy atom. The second kappa shape index (κ2) is 12.5. The molecule has 1 aliphatic rings. The topological polar surface area (TPSA) is 117 Å². The first-order valence-electron chi connectivity index (χ1n) is 12.5. The molecular formula is C28H21Cl2N7O3S2. The van der Waals surface area contributed by atoms with Gasteiger partial charge < -0.3 is 14.8 Å². The van der Waals surface area contributed by atoms with E-state index in [-0.39, 0.29) is 0 Å². The molecule has 0 amide bonds. The lowest BCUT2D eigenvalue weighted by atomic mass is 9.95. The Balaban J connectivity index is 1.25. The standard InChI is InChI=1S/C28H21Cl2N7O3S2/c1-39-26(38)23-22(15-41-28-34-32-25(42-28)18-5-3-2-4-6-18)31-27-33-35-36-37(27)24(23)17-8-10-19(11-9-17)40-14-16-7-12-20(29)21(30)13-16/h2-13,24H,14-15H2,1H3,(H,31,33,36). The molecule has 14 heteroatoms. The molecule has 5 aromatic rings. The molecule has 6 rings (SSSR count). The number of hydrogen-bond acceptors (Lipinski definition) is 11. The number of carbonyl (C=O) groups is 1. The number of methoxy groups -OCH3 is 1. The van der Waals surface area contributed by atoms with Gasteiger partial charge in [-0.3, -0.25) is 0 Å². The molecule has 3 heterocycles. The second-order valence-electron chi connectivity index (χ2n) is 8.99. The molecule has 0 spiro atoms. The van der Waals surface area contributed by atoms with Crippen LogP contribution in [0.15, 0.2) is 88.4 Å². The van der Waals surface area contributed by atoms with E-state index >= 15 is 0 Å². The van der Waals surface area contributed by atoms with Crippen molar-refractivity contribution in [3.05, 3.63) is 105 Å². The highest BCUT2D eigenvalue weighted by molar-refractivity contribution is 8.01. The second-order valence-corrected chi connectivity index (χ2v) is 12.0. The van der Waals surface area contributed by atoms with Crippen molar-refractivity contribution in [1.82, 2.24) is 30.4 Å². The number of fused-ring (bicyclic) bond motifs is 1. The molecule has 0 aliphatic carbocycles. The summed E-state index contributed by atoms with van der Waals surface area (Å²) in [6.07, 6.45) is 0. The molecule has 1 aliphatic heterocycles. The van der Waals surface area contributed by atoms with Crippen LogP contribution >= 0.6 is 46.3 Å². The molecule has 0 radical (unpaired) electrons. The highest BCUT2D eigenvalue weighted by Crippen LogP contribution is 2.38. The third-order valence-corrected chi connectivity index (χ3v) is 9.23. The zero-order chi connectivity index (χ0) is 29.1. The highest BCUT2D eigenvalue weighted by atomic mass is 35.5. The number of anilines is 1. The molecule has 212 valence electrons. The number of benzene rings is 3. The van der Waals surface area contributed by atoms with Gasteiger partial charge in [0.25, 0.3) is 0 Å². The number of nitrogens with one attached hydrogen (secondary N) is 1. The molecule has 0 saturated carbocycles. The zero-order valence-corrected chi connectivity index (χ0v) is 25.0. The van der Waals surface area contributed by atoms with Crippen LogP contribution in [0.25, 0.3) is 10.6 Å². The number of nitrogens with zero attached hydrogens (tertiary/aromatic N) is 6. The van der Waals surface area contributed by atoms with E-state index in [2.05, 4.69) is 31.0 Å². The number of halogens is 2. The zero-order valence-electron chi connectivity index (χ0n) is 21.9. The molecule has 0 bridgehead atoms. The number of tetrazole rings is 1. The third kappa shape index (κ3) is 5.97. The van der Waals surface area contributed by atoms with Crippen molar-refractivity contribution in [2.45, 2.75) is 17.0 Å². The van der Waals surface area contributed by atoms with Gasteiger partial charge in [0.15, 0.2) is 4.34 Å². The van der Waals surface area contributed by atoms with Crippen molar-refractivity contribution >= 4 is 58.2 Å². The number of aromatic nitrogens is 6. The van der Waals surface area contributed by atoms with Crippen molar-refractivity contribution in [3.63, 3.8) is 0 Å². The number of carbonyl (C=O) groups excluding carboxylic acids is 1. The number of rotatable bonds is 9. The molecule has 1 atom stereocenters. The quantitative estimate of drug-likeness (QED) is 0.145. The summed E-state index contributed by atoms with van der Waals surface area (Å²) in [6, 6.07) is 22.0. The molecule has 1 unspecified atom stereocenters. The number of esters is 1. The Morgan fingerprint density at radius 3 is 2.60 bits per heavy atom. The summed E-state index contributed by atoms with van der Waals surface area (Å²) in [4.78, 5) is 13.2. The van der Waals surface area contributed by atoms with E-state index in [1.54, 1.807) is 16.8 Å². The highest BCUT2D eigenvalue weighted by Gasteiger charge is 2.36. The summed E-state index contributed by atoms with van der Waals surface area (Å²) in [6.45, 7) is 0.313. The summed E-state index contributed by atoms with van der Waals surface area (Å²) in [7, 11) is 1.35. The Kier molecular flexibility index (Phi) is 8.38. The third-order valence-electron chi connectivity index (χ3n) is 6.36. The van der Waals surface area contributed by atoms with Crippen LogP contribution in [0, 0.1) is 0 Å². The number of ether oxygens (including phenoxy) is 2. The van der Waals surface area contributed by atoms with Gasteiger partial charge >= 0.3 is 5.97 Å². The van der Waals surface area contributed by atoms with E-state index in [0.717, 1.165) is 26.0 Å². The minimum absolute atomic E-state index is 0.313. The average molecular weight is 639 g/mol. The van der Waals surface area contributed by atoms with Gasteiger partial charge in [0, 0.05) is 17.0 Å². The predicted octanol–water partition coefficient (Wildman–Crippen LogP) is 6.31. The molecule has 3 aromatic carbocycles. The lowest BCUT2D eigenvalue weighted by Crippen LogP contribution is -2.30. The van der Waals surface area contributed by atoms with Gasteiger partial charge in [0.05, 0.1) is 22.7 Å². The smallest absolute Gasteiger partial charge is 0.338 e. The number of hydrogen-bond donors (Lipinski definition) is 1. The van der Waals surface area contributed by atoms with Gasteiger partial charge in [-0.15, -0.1) is 10.2 Å². The van der Waals surface area contributed by atoms with E-state index < -0.39 is 12.0 Å². The van der Waals surface area contributed by atoms with Gasteiger partial charge in [-0.1, -0.05) is 99.9 Å². The first kappa shape index (κ1) is 28.2.